The van der Waals surface area contributed by atoms with Crippen molar-refractivity contribution in [2.75, 3.05) is 13.1 Å². The van der Waals surface area contributed by atoms with Crippen molar-refractivity contribution >= 4 is 17.5 Å². The first-order valence-electron chi connectivity index (χ1n) is 6.98. The van der Waals surface area contributed by atoms with Crippen molar-refractivity contribution in [3.8, 4) is 0 Å². The summed E-state index contributed by atoms with van der Waals surface area (Å²) < 4.78 is 1.76. The van der Waals surface area contributed by atoms with Gasteiger partial charge in [-0.25, -0.2) is 0 Å². The van der Waals surface area contributed by atoms with Gasteiger partial charge in [0, 0.05) is 38.3 Å². The summed E-state index contributed by atoms with van der Waals surface area (Å²) in [6, 6.07) is 11.8. The Morgan fingerprint density at radius 2 is 2.00 bits per heavy atom. The summed E-state index contributed by atoms with van der Waals surface area (Å²) in [5.74, 6) is 0.171. The number of nitrogens with zero attached hydrogens (tertiary/aromatic N) is 2. The number of rotatable bonds is 2. The highest BCUT2D eigenvalue weighted by molar-refractivity contribution is 6.31. The lowest BCUT2D eigenvalue weighted by atomic mass is 9.95. The number of amides is 1. The van der Waals surface area contributed by atoms with Crippen LogP contribution in [0.3, 0.4) is 0 Å². The first-order valence-corrected chi connectivity index (χ1v) is 7.35. The molecule has 0 saturated carbocycles. The van der Waals surface area contributed by atoms with Crippen LogP contribution in [0.2, 0.25) is 5.02 Å². The summed E-state index contributed by atoms with van der Waals surface area (Å²) in [6.45, 7) is 1.22. The van der Waals surface area contributed by atoms with Crippen LogP contribution in [0.5, 0.6) is 0 Å². The van der Waals surface area contributed by atoms with Gasteiger partial charge in [0.1, 0.15) is 5.69 Å². The molecule has 0 spiro atoms. The Hall–Kier alpha value is -1.78. The molecule has 4 nitrogen and oxygen atoms in total. The first kappa shape index (κ1) is 14.2. The van der Waals surface area contributed by atoms with E-state index in [1.54, 1.807) is 16.8 Å². The fraction of sp³-hybridized carbons (Fsp3) is 0.312. The van der Waals surface area contributed by atoms with Gasteiger partial charge in [-0.2, -0.15) is 0 Å². The molecular weight excluding hydrogens is 286 g/mol. The van der Waals surface area contributed by atoms with Crippen molar-refractivity contribution in [1.82, 2.24) is 9.47 Å². The zero-order valence-corrected chi connectivity index (χ0v) is 12.6. The Kier molecular flexibility index (Phi) is 3.74. The van der Waals surface area contributed by atoms with Crippen molar-refractivity contribution in [2.45, 2.75) is 12.0 Å². The molecule has 0 aliphatic carbocycles. The van der Waals surface area contributed by atoms with Crippen LogP contribution >= 0.6 is 11.6 Å². The fourth-order valence-corrected chi connectivity index (χ4v) is 3.20. The summed E-state index contributed by atoms with van der Waals surface area (Å²) >= 11 is 5.95. The third-order valence-corrected chi connectivity index (χ3v) is 4.28. The van der Waals surface area contributed by atoms with E-state index in [0.29, 0.717) is 23.8 Å². The number of likely N-dealkylation sites (tertiary alicyclic amines) is 1. The standard InChI is InChI=1S/C16H18ClN3O/c1-19-8-12(17)7-15(19)16(21)20-9-13(14(18)10-20)11-5-3-2-4-6-11/h2-8,13-14H,9-10,18H2,1H3. The average molecular weight is 304 g/mol. The number of nitrogens with two attached hydrogens (primary N) is 1. The molecule has 1 fully saturated rings. The van der Waals surface area contributed by atoms with Crippen molar-refractivity contribution in [1.29, 1.82) is 0 Å². The predicted octanol–water partition coefficient (Wildman–Crippen LogP) is 2.25. The molecule has 2 unspecified atom stereocenters. The monoisotopic (exact) mass is 303 g/mol. The van der Waals surface area contributed by atoms with Crippen LogP contribution in [0.15, 0.2) is 42.6 Å². The second-order valence-corrected chi connectivity index (χ2v) is 5.98. The number of halogens is 1. The van der Waals surface area contributed by atoms with E-state index in [9.17, 15) is 4.79 Å². The Bertz CT molecular complexity index is 653. The van der Waals surface area contributed by atoms with Crippen LogP contribution in [-0.4, -0.2) is 34.5 Å². The van der Waals surface area contributed by atoms with E-state index < -0.39 is 0 Å². The minimum absolute atomic E-state index is 0.0155. The van der Waals surface area contributed by atoms with E-state index in [2.05, 4.69) is 12.1 Å². The normalized spacial score (nSPS) is 21.8. The maximum absolute atomic E-state index is 12.6. The van der Waals surface area contributed by atoms with Gasteiger partial charge in [0.15, 0.2) is 0 Å². The van der Waals surface area contributed by atoms with Crippen LogP contribution < -0.4 is 5.73 Å². The topological polar surface area (TPSA) is 51.3 Å². The molecule has 1 aromatic heterocycles. The SMILES string of the molecule is Cn1cc(Cl)cc1C(=O)N1CC(N)C(c2ccccc2)C1. The molecule has 21 heavy (non-hydrogen) atoms. The minimum atomic E-state index is -0.0351. The third kappa shape index (κ3) is 2.69. The van der Waals surface area contributed by atoms with E-state index in [-0.39, 0.29) is 17.9 Å². The molecule has 1 aliphatic heterocycles. The lowest BCUT2D eigenvalue weighted by Gasteiger charge is -2.16. The van der Waals surface area contributed by atoms with E-state index >= 15 is 0 Å². The summed E-state index contributed by atoms with van der Waals surface area (Å²) in [5.41, 5.74) is 8.02. The molecule has 1 amide bonds. The number of carbonyl (C=O) groups excluding carboxylic acids is 1. The van der Waals surface area contributed by atoms with Crippen molar-refractivity contribution in [3.05, 3.63) is 58.9 Å². The molecule has 1 aliphatic rings. The van der Waals surface area contributed by atoms with Crippen LogP contribution in [-0.2, 0) is 7.05 Å². The lowest BCUT2D eigenvalue weighted by molar-refractivity contribution is 0.0780. The van der Waals surface area contributed by atoms with Gasteiger partial charge in [-0.05, 0) is 11.6 Å². The van der Waals surface area contributed by atoms with Gasteiger partial charge in [0.2, 0.25) is 0 Å². The number of carbonyl (C=O) groups is 1. The molecule has 0 radical (unpaired) electrons. The number of aromatic nitrogens is 1. The zero-order chi connectivity index (χ0) is 15.0. The number of hydrogen-bond acceptors (Lipinski definition) is 2. The van der Waals surface area contributed by atoms with Gasteiger partial charge < -0.3 is 15.2 Å². The second-order valence-electron chi connectivity index (χ2n) is 5.55. The van der Waals surface area contributed by atoms with Gasteiger partial charge in [-0.3, -0.25) is 4.79 Å². The van der Waals surface area contributed by atoms with Crippen LogP contribution in [0.25, 0.3) is 0 Å². The zero-order valence-electron chi connectivity index (χ0n) is 11.9. The highest BCUT2D eigenvalue weighted by atomic mass is 35.5. The van der Waals surface area contributed by atoms with Crippen molar-refractivity contribution in [3.63, 3.8) is 0 Å². The quantitative estimate of drug-likeness (QED) is 0.925. The predicted molar refractivity (Wildman–Crippen MR) is 83.5 cm³/mol. The van der Waals surface area contributed by atoms with E-state index in [0.717, 1.165) is 0 Å². The number of aryl methyl sites for hydroxylation is 1. The van der Waals surface area contributed by atoms with Gasteiger partial charge in [0.25, 0.3) is 5.91 Å². The maximum Gasteiger partial charge on any atom is 0.270 e. The Balaban J connectivity index is 1.80. The Labute approximate surface area is 129 Å². The van der Waals surface area contributed by atoms with Crippen molar-refractivity contribution in [2.24, 2.45) is 12.8 Å². The summed E-state index contributed by atoms with van der Waals surface area (Å²) in [7, 11) is 1.82. The van der Waals surface area contributed by atoms with Gasteiger partial charge >= 0.3 is 0 Å². The molecule has 3 rings (SSSR count). The Morgan fingerprint density at radius 3 is 2.62 bits per heavy atom. The molecule has 1 aromatic carbocycles. The van der Waals surface area contributed by atoms with E-state index in [1.807, 2.05) is 30.1 Å². The van der Waals surface area contributed by atoms with Crippen molar-refractivity contribution < 1.29 is 4.79 Å². The number of hydrogen-bond donors (Lipinski definition) is 1. The third-order valence-electron chi connectivity index (χ3n) is 4.07. The molecule has 110 valence electrons. The summed E-state index contributed by atoms with van der Waals surface area (Å²) in [5, 5.41) is 0.573. The lowest BCUT2D eigenvalue weighted by Crippen LogP contribution is -2.33. The molecule has 2 N–H and O–H groups in total. The summed E-state index contributed by atoms with van der Waals surface area (Å²) in [4.78, 5) is 14.4. The average Bonchev–Trinajstić information content (AvgIpc) is 3.02. The summed E-state index contributed by atoms with van der Waals surface area (Å²) in [6.07, 6.45) is 1.74. The highest BCUT2D eigenvalue weighted by Crippen LogP contribution is 2.27. The maximum atomic E-state index is 12.6. The van der Waals surface area contributed by atoms with Crippen LogP contribution in [0.4, 0.5) is 0 Å². The Morgan fingerprint density at radius 1 is 1.29 bits per heavy atom. The van der Waals surface area contributed by atoms with E-state index in [1.165, 1.54) is 5.56 Å². The van der Waals surface area contributed by atoms with Crippen LogP contribution in [0.1, 0.15) is 22.0 Å². The second kappa shape index (κ2) is 5.54. The fourth-order valence-electron chi connectivity index (χ4n) is 2.95. The van der Waals surface area contributed by atoms with Gasteiger partial charge in [0.05, 0.1) is 5.02 Å². The van der Waals surface area contributed by atoms with E-state index in [4.69, 9.17) is 17.3 Å². The molecule has 5 heteroatoms. The first-order chi connectivity index (χ1) is 10.1. The largest absolute Gasteiger partial charge is 0.345 e. The molecule has 2 atom stereocenters. The molecule has 2 heterocycles. The van der Waals surface area contributed by atoms with Gasteiger partial charge in [-0.15, -0.1) is 0 Å². The minimum Gasteiger partial charge on any atom is -0.345 e. The smallest absolute Gasteiger partial charge is 0.270 e. The number of benzene rings is 1. The molecular formula is C16H18ClN3O. The molecule has 2 aromatic rings. The van der Waals surface area contributed by atoms with Gasteiger partial charge in [-0.1, -0.05) is 41.9 Å². The molecule has 0 bridgehead atoms. The van der Waals surface area contributed by atoms with Crippen LogP contribution in [0, 0.1) is 0 Å². The molecule has 1 saturated heterocycles. The highest BCUT2D eigenvalue weighted by Gasteiger charge is 2.34.